The maximum absolute atomic E-state index is 13.3. The van der Waals surface area contributed by atoms with Crippen LogP contribution in [0.25, 0.3) is 10.9 Å². The molecule has 0 bridgehead atoms. The molecule has 1 aliphatic carbocycles. The highest BCUT2D eigenvalue weighted by molar-refractivity contribution is 7.91. The molecule has 1 saturated carbocycles. The number of benzene rings is 1. The van der Waals surface area contributed by atoms with Crippen molar-refractivity contribution in [1.29, 1.82) is 0 Å². The molecule has 6 heteroatoms. The quantitative estimate of drug-likeness (QED) is 0.943. The topological polar surface area (TPSA) is 59.1 Å². The van der Waals surface area contributed by atoms with E-state index >= 15 is 0 Å². The van der Waals surface area contributed by atoms with Crippen LogP contribution < -0.4 is 5.32 Å². The van der Waals surface area contributed by atoms with Gasteiger partial charge in [-0.25, -0.2) is 12.8 Å². The van der Waals surface area contributed by atoms with Crippen molar-refractivity contribution in [1.82, 2.24) is 4.98 Å². The van der Waals surface area contributed by atoms with Crippen molar-refractivity contribution in [2.45, 2.75) is 37.0 Å². The van der Waals surface area contributed by atoms with Crippen LogP contribution in [0.4, 0.5) is 10.1 Å². The minimum Gasteiger partial charge on any atom is -0.382 e. The number of nitrogens with zero attached hydrogens (tertiary/aromatic N) is 1. The first-order chi connectivity index (χ1) is 10.4. The van der Waals surface area contributed by atoms with Crippen LogP contribution in [0.1, 0.15) is 25.7 Å². The maximum Gasteiger partial charge on any atom is 0.150 e. The molecular weight excluding hydrogens is 303 g/mol. The second-order valence-corrected chi connectivity index (χ2v) is 8.31. The smallest absolute Gasteiger partial charge is 0.150 e. The van der Waals surface area contributed by atoms with Gasteiger partial charge in [-0.3, -0.25) is 4.98 Å². The molecule has 2 atom stereocenters. The van der Waals surface area contributed by atoms with E-state index in [4.69, 9.17) is 0 Å². The SMILES string of the molecule is CS(=O)(=O)C1CCCC(Nc2ccnc3cc(F)ccc23)C1. The number of nitrogens with one attached hydrogen (secondary N) is 1. The standard InChI is InChI=1S/C16H19FN2O2S/c1-22(20,21)13-4-2-3-12(10-13)19-15-7-8-18-16-9-11(17)5-6-14(15)16/h5-9,12-13H,2-4,10H2,1H3,(H,18,19). The molecule has 4 nitrogen and oxygen atoms in total. The average molecular weight is 322 g/mol. The number of pyridine rings is 1. The van der Waals surface area contributed by atoms with Crippen LogP contribution in [0.3, 0.4) is 0 Å². The van der Waals surface area contributed by atoms with Gasteiger partial charge in [0, 0.05) is 35.6 Å². The Morgan fingerprint density at radius 1 is 1.27 bits per heavy atom. The number of anilines is 1. The van der Waals surface area contributed by atoms with Crippen LogP contribution in [-0.4, -0.2) is 30.9 Å². The molecule has 118 valence electrons. The van der Waals surface area contributed by atoms with Crippen molar-refractivity contribution in [3.63, 3.8) is 0 Å². The van der Waals surface area contributed by atoms with E-state index in [1.54, 1.807) is 12.3 Å². The number of fused-ring (bicyclic) bond motifs is 1. The monoisotopic (exact) mass is 322 g/mol. The second kappa shape index (κ2) is 5.83. The second-order valence-electron chi connectivity index (χ2n) is 5.98. The average Bonchev–Trinajstić information content (AvgIpc) is 2.46. The highest BCUT2D eigenvalue weighted by atomic mass is 32.2. The predicted octanol–water partition coefficient (Wildman–Crippen LogP) is 3.14. The summed E-state index contributed by atoms with van der Waals surface area (Å²) in [4.78, 5) is 4.17. The van der Waals surface area contributed by atoms with Crippen molar-refractivity contribution >= 4 is 26.4 Å². The van der Waals surface area contributed by atoms with Crippen LogP contribution in [0, 0.1) is 5.82 Å². The Balaban J connectivity index is 1.84. The summed E-state index contributed by atoms with van der Waals surface area (Å²) in [5.74, 6) is -0.313. The van der Waals surface area contributed by atoms with Gasteiger partial charge in [0.15, 0.2) is 0 Å². The number of halogens is 1. The molecule has 1 aromatic heterocycles. The number of sulfone groups is 1. The summed E-state index contributed by atoms with van der Waals surface area (Å²) in [6.45, 7) is 0. The molecule has 1 fully saturated rings. The summed E-state index contributed by atoms with van der Waals surface area (Å²) in [7, 11) is -3.00. The zero-order valence-corrected chi connectivity index (χ0v) is 13.2. The molecule has 2 aromatic rings. The van der Waals surface area contributed by atoms with E-state index in [0.717, 1.165) is 30.3 Å². The van der Waals surface area contributed by atoms with Gasteiger partial charge >= 0.3 is 0 Å². The van der Waals surface area contributed by atoms with Crippen LogP contribution in [0.5, 0.6) is 0 Å². The third-order valence-electron chi connectivity index (χ3n) is 4.30. The summed E-state index contributed by atoms with van der Waals surface area (Å²) in [6.07, 6.45) is 6.14. The Kier molecular flexibility index (Phi) is 4.04. The minimum absolute atomic E-state index is 0.115. The Morgan fingerprint density at radius 3 is 2.86 bits per heavy atom. The molecule has 3 rings (SSSR count). The molecule has 0 aliphatic heterocycles. The molecule has 0 amide bonds. The molecule has 2 unspecified atom stereocenters. The Hall–Kier alpha value is -1.69. The zero-order valence-electron chi connectivity index (χ0n) is 12.4. The summed E-state index contributed by atoms with van der Waals surface area (Å²) >= 11 is 0. The van der Waals surface area contributed by atoms with Gasteiger partial charge in [0.1, 0.15) is 15.7 Å². The Labute approximate surface area is 129 Å². The van der Waals surface area contributed by atoms with Crippen molar-refractivity contribution in [2.75, 3.05) is 11.6 Å². The van der Waals surface area contributed by atoms with Gasteiger partial charge in [0.25, 0.3) is 0 Å². The first-order valence-electron chi connectivity index (χ1n) is 7.43. The van der Waals surface area contributed by atoms with Crippen LogP contribution >= 0.6 is 0 Å². The highest BCUT2D eigenvalue weighted by Gasteiger charge is 2.28. The van der Waals surface area contributed by atoms with E-state index in [1.807, 2.05) is 6.07 Å². The van der Waals surface area contributed by atoms with Crippen molar-refractivity contribution < 1.29 is 12.8 Å². The number of hydrogen-bond donors (Lipinski definition) is 1. The Bertz CT molecular complexity index is 792. The number of aromatic nitrogens is 1. The fourth-order valence-corrected chi connectivity index (χ4v) is 4.31. The zero-order chi connectivity index (χ0) is 15.7. The molecule has 0 saturated heterocycles. The molecule has 1 heterocycles. The first-order valence-corrected chi connectivity index (χ1v) is 9.38. The molecule has 22 heavy (non-hydrogen) atoms. The van der Waals surface area contributed by atoms with E-state index < -0.39 is 9.84 Å². The Morgan fingerprint density at radius 2 is 2.09 bits per heavy atom. The van der Waals surface area contributed by atoms with Crippen LogP contribution in [0.15, 0.2) is 30.5 Å². The largest absolute Gasteiger partial charge is 0.382 e. The predicted molar refractivity (Wildman–Crippen MR) is 86.2 cm³/mol. The first kappa shape index (κ1) is 15.2. The normalized spacial score (nSPS) is 22.6. The van der Waals surface area contributed by atoms with Gasteiger partial charge in [-0.05, 0) is 37.5 Å². The van der Waals surface area contributed by atoms with Crippen molar-refractivity contribution in [3.8, 4) is 0 Å². The molecule has 0 spiro atoms. The van der Waals surface area contributed by atoms with E-state index in [9.17, 15) is 12.8 Å². The lowest BCUT2D eigenvalue weighted by Gasteiger charge is -2.29. The molecule has 1 aromatic carbocycles. The lowest BCUT2D eigenvalue weighted by atomic mass is 9.94. The summed E-state index contributed by atoms with van der Waals surface area (Å²) < 4.78 is 36.8. The van der Waals surface area contributed by atoms with E-state index in [1.165, 1.54) is 18.4 Å². The maximum atomic E-state index is 13.3. The van der Waals surface area contributed by atoms with Crippen LogP contribution in [0.2, 0.25) is 0 Å². The summed E-state index contributed by atoms with van der Waals surface area (Å²) in [5.41, 5.74) is 1.48. The van der Waals surface area contributed by atoms with Gasteiger partial charge in [-0.15, -0.1) is 0 Å². The van der Waals surface area contributed by atoms with Crippen molar-refractivity contribution in [3.05, 3.63) is 36.3 Å². The molecular formula is C16H19FN2O2S. The minimum atomic E-state index is -3.00. The van der Waals surface area contributed by atoms with Gasteiger partial charge in [-0.2, -0.15) is 0 Å². The van der Waals surface area contributed by atoms with Gasteiger partial charge in [-0.1, -0.05) is 6.42 Å². The van der Waals surface area contributed by atoms with Crippen LogP contribution in [-0.2, 0) is 9.84 Å². The third kappa shape index (κ3) is 3.21. The fraction of sp³-hybridized carbons (Fsp3) is 0.438. The summed E-state index contributed by atoms with van der Waals surface area (Å²) in [6, 6.07) is 6.49. The van der Waals surface area contributed by atoms with Crippen molar-refractivity contribution in [2.24, 2.45) is 0 Å². The molecule has 1 aliphatic rings. The lowest BCUT2D eigenvalue weighted by Crippen LogP contribution is -2.34. The van der Waals surface area contributed by atoms with E-state index in [0.29, 0.717) is 11.9 Å². The molecule has 0 radical (unpaired) electrons. The van der Waals surface area contributed by atoms with E-state index in [2.05, 4.69) is 10.3 Å². The summed E-state index contributed by atoms with van der Waals surface area (Å²) in [5, 5.41) is 4.00. The van der Waals surface area contributed by atoms with Gasteiger partial charge < -0.3 is 5.32 Å². The molecule has 1 N–H and O–H groups in total. The van der Waals surface area contributed by atoms with Gasteiger partial charge in [0.2, 0.25) is 0 Å². The fourth-order valence-electron chi connectivity index (χ4n) is 3.13. The highest BCUT2D eigenvalue weighted by Crippen LogP contribution is 2.29. The van der Waals surface area contributed by atoms with Gasteiger partial charge in [0.05, 0.1) is 10.8 Å². The number of rotatable bonds is 3. The third-order valence-corrected chi connectivity index (χ3v) is 5.94. The number of hydrogen-bond acceptors (Lipinski definition) is 4. The lowest BCUT2D eigenvalue weighted by molar-refractivity contribution is 0.453. The van der Waals surface area contributed by atoms with E-state index in [-0.39, 0.29) is 17.1 Å².